The summed E-state index contributed by atoms with van der Waals surface area (Å²) < 4.78 is 7.33. The molecule has 0 aliphatic heterocycles. The minimum atomic E-state index is -0.313. The van der Waals surface area contributed by atoms with E-state index in [-0.39, 0.29) is 23.4 Å². The normalized spacial score (nSPS) is 11.2. The van der Waals surface area contributed by atoms with E-state index in [0.717, 1.165) is 22.2 Å². The molecule has 0 atom stereocenters. The van der Waals surface area contributed by atoms with Crippen molar-refractivity contribution in [2.45, 2.75) is 33.6 Å². The highest BCUT2D eigenvalue weighted by atomic mass is 16.5. The van der Waals surface area contributed by atoms with Crippen LogP contribution in [0.15, 0.2) is 41.3 Å². The largest absolute Gasteiger partial charge is 0.438 e. The summed E-state index contributed by atoms with van der Waals surface area (Å²) in [6, 6.07) is 8.20. The van der Waals surface area contributed by atoms with Gasteiger partial charge in [-0.1, -0.05) is 13.8 Å². The lowest BCUT2D eigenvalue weighted by molar-refractivity contribution is 0.254. The number of nitrogens with one attached hydrogen (secondary N) is 3. The first-order valence-corrected chi connectivity index (χ1v) is 9.55. The summed E-state index contributed by atoms with van der Waals surface area (Å²) in [5, 5.41) is 10.7. The Kier molecular flexibility index (Phi) is 4.86. The maximum atomic E-state index is 12.7. The number of aromatic amines is 2. The third-order valence-electron chi connectivity index (χ3n) is 4.82. The van der Waals surface area contributed by atoms with Crippen LogP contribution < -0.4 is 15.6 Å². The Labute approximate surface area is 172 Å². The maximum absolute atomic E-state index is 12.7. The van der Waals surface area contributed by atoms with Crippen LogP contribution in [0.2, 0.25) is 0 Å². The van der Waals surface area contributed by atoms with Gasteiger partial charge in [-0.2, -0.15) is 5.10 Å². The first kappa shape index (κ1) is 19.4. The third kappa shape index (κ3) is 3.69. The van der Waals surface area contributed by atoms with Crippen LogP contribution in [0.5, 0.6) is 11.6 Å². The third-order valence-corrected chi connectivity index (χ3v) is 4.82. The van der Waals surface area contributed by atoms with Crippen molar-refractivity contribution in [1.29, 1.82) is 0 Å². The van der Waals surface area contributed by atoms with E-state index >= 15 is 0 Å². The van der Waals surface area contributed by atoms with Gasteiger partial charge in [0.15, 0.2) is 5.82 Å². The van der Waals surface area contributed by atoms with Crippen LogP contribution in [0.3, 0.4) is 0 Å². The van der Waals surface area contributed by atoms with E-state index in [0.29, 0.717) is 17.4 Å². The summed E-state index contributed by atoms with van der Waals surface area (Å²) in [7, 11) is 0. The number of hydrogen-bond donors (Lipinski definition) is 3. The molecule has 0 saturated heterocycles. The molecule has 0 fully saturated rings. The van der Waals surface area contributed by atoms with Crippen molar-refractivity contribution in [1.82, 2.24) is 24.7 Å². The Morgan fingerprint density at radius 2 is 2.00 bits per heavy atom. The lowest BCUT2D eigenvalue weighted by Crippen LogP contribution is -2.18. The summed E-state index contributed by atoms with van der Waals surface area (Å²) >= 11 is 0. The molecule has 0 unspecified atom stereocenters. The van der Waals surface area contributed by atoms with Crippen LogP contribution in [0.25, 0.3) is 10.9 Å². The van der Waals surface area contributed by atoms with Crippen molar-refractivity contribution in [2.75, 3.05) is 5.32 Å². The fraction of sp³-hybridized carbons (Fsp3) is 0.238. The summed E-state index contributed by atoms with van der Waals surface area (Å²) in [4.78, 5) is 31.2. The van der Waals surface area contributed by atoms with Crippen LogP contribution in [0.1, 0.15) is 36.8 Å². The molecular formula is C21H22N6O3. The van der Waals surface area contributed by atoms with Crippen molar-refractivity contribution < 1.29 is 9.53 Å². The number of hydrogen-bond acceptors (Lipinski definition) is 5. The van der Waals surface area contributed by atoms with Crippen molar-refractivity contribution in [3.63, 3.8) is 0 Å². The van der Waals surface area contributed by atoms with E-state index in [1.54, 1.807) is 25.3 Å². The first-order valence-electron chi connectivity index (χ1n) is 9.55. The van der Waals surface area contributed by atoms with E-state index in [2.05, 4.69) is 25.5 Å². The van der Waals surface area contributed by atoms with Crippen molar-refractivity contribution in [3.8, 4) is 11.6 Å². The number of amides is 1. The number of nitrogens with zero attached hydrogens (tertiary/aromatic N) is 3. The van der Waals surface area contributed by atoms with E-state index in [1.807, 2.05) is 32.9 Å². The molecule has 3 aromatic heterocycles. The topological polar surface area (TPSA) is 118 Å². The second kappa shape index (κ2) is 7.51. The average molecular weight is 406 g/mol. The summed E-state index contributed by atoms with van der Waals surface area (Å²) in [5.41, 5.74) is 2.23. The molecule has 0 bridgehead atoms. The number of H-pyrrole nitrogens is 2. The molecule has 30 heavy (non-hydrogen) atoms. The Morgan fingerprint density at radius 1 is 1.20 bits per heavy atom. The Hall–Kier alpha value is -3.88. The molecule has 9 nitrogen and oxygen atoms in total. The molecule has 0 spiro atoms. The quantitative estimate of drug-likeness (QED) is 0.472. The highest BCUT2D eigenvalue weighted by Crippen LogP contribution is 2.30. The van der Waals surface area contributed by atoms with Gasteiger partial charge in [-0.15, -0.1) is 0 Å². The van der Waals surface area contributed by atoms with E-state index in [1.165, 1.54) is 10.6 Å². The van der Waals surface area contributed by atoms with Crippen LogP contribution >= 0.6 is 0 Å². The van der Waals surface area contributed by atoms with Gasteiger partial charge in [0.2, 0.25) is 5.88 Å². The van der Waals surface area contributed by atoms with Crippen molar-refractivity contribution in [2.24, 2.45) is 0 Å². The van der Waals surface area contributed by atoms with Crippen LogP contribution in [-0.4, -0.2) is 30.8 Å². The van der Waals surface area contributed by atoms with E-state index in [9.17, 15) is 9.59 Å². The molecule has 1 amide bonds. The second-order valence-electron chi connectivity index (χ2n) is 7.37. The number of benzene rings is 1. The van der Waals surface area contributed by atoms with Crippen LogP contribution in [-0.2, 0) is 0 Å². The number of aromatic nitrogens is 5. The molecular weight excluding hydrogens is 384 g/mol. The van der Waals surface area contributed by atoms with Gasteiger partial charge in [-0.25, -0.2) is 9.78 Å². The van der Waals surface area contributed by atoms with Gasteiger partial charge in [-0.05, 0) is 38.0 Å². The molecule has 1 aromatic carbocycles. The Morgan fingerprint density at radius 3 is 2.70 bits per heavy atom. The number of rotatable bonds is 4. The molecule has 0 radical (unpaired) electrons. The smallest absolute Gasteiger partial charge is 0.331 e. The average Bonchev–Trinajstić information content (AvgIpc) is 3.30. The minimum Gasteiger partial charge on any atom is -0.438 e. The van der Waals surface area contributed by atoms with Gasteiger partial charge in [-0.3, -0.25) is 19.8 Å². The van der Waals surface area contributed by atoms with Gasteiger partial charge in [0.1, 0.15) is 11.6 Å². The number of fused-ring (bicyclic) bond motifs is 1. The fourth-order valence-electron chi connectivity index (χ4n) is 3.21. The minimum absolute atomic E-state index is 0.218. The highest BCUT2D eigenvalue weighted by molar-refractivity contribution is 5.99. The van der Waals surface area contributed by atoms with Gasteiger partial charge in [0.05, 0.1) is 11.6 Å². The Balaban J connectivity index is 1.61. The Bertz CT molecular complexity index is 1300. The molecule has 3 heterocycles. The fourth-order valence-corrected chi connectivity index (χ4v) is 3.21. The number of anilines is 1. The summed E-state index contributed by atoms with van der Waals surface area (Å²) in [6.45, 7) is 7.67. The van der Waals surface area contributed by atoms with Crippen LogP contribution in [0, 0.1) is 13.8 Å². The SMILES string of the molecule is Cc1nc(Oc2ccc3c(ccn3C(=O)Nc3cc(C(C)C)[nH]n3)c2C)cc(=O)[nH]1. The molecule has 0 aliphatic carbocycles. The van der Waals surface area contributed by atoms with Gasteiger partial charge in [0.25, 0.3) is 5.56 Å². The zero-order valence-electron chi connectivity index (χ0n) is 17.1. The first-order chi connectivity index (χ1) is 14.3. The maximum Gasteiger partial charge on any atom is 0.331 e. The second-order valence-corrected chi connectivity index (χ2v) is 7.37. The molecule has 3 N–H and O–H groups in total. The predicted molar refractivity (Wildman–Crippen MR) is 113 cm³/mol. The zero-order chi connectivity index (χ0) is 21.4. The number of carbonyl (C=O) groups excluding carboxylic acids is 1. The van der Waals surface area contributed by atoms with E-state index in [4.69, 9.17) is 4.74 Å². The van der Waals surface area contributed by atoms with Gasteiger partial charge < -0.3 is 9.72 Å². The predicted octanol–water partition coefficient (Wildman–Crippen LogP) is 4.06. The number of aryl methyl sites for hydroxylation is 2. The lowest BCUT2D eigenvalue weighted by Gasteiger charge is -2.10. The van der Waals surface area contributed by atoms with Crippen LogP contribution in [0.4, 0.5) is 10.6 Å². The number of carbonyl (C=O) groups is 1. The monoisotopic (exact) mass is 406 g/mol. The lowest BCUT2D eigenvalue weighted by atomic mass is 10.1. The standard InChI is InChI=1S/C21H22N6O3/c1-11(2)15-9-18(26-25-15)24-21(29)27-8-7-14-12(3)17(6-5-16(14)27)30-20-10-19(28)22-13(4)23-20/h5-11H,1-4H3,(H,22,23,28)(H2,24,25,26,29). The molecule has 0 aliphatic rings. The van der Waals surface area contributed by atoms with Crippen molar-refractivity contribution >= 4 is 22.8 Å². The zero-order valence-corrected chi connectivity index (χ0v) is 17.1. The molecule has 9 heteroatoms. The van der Waals surface area contributed by atoms with E-state index < -0.39 is 0 Å². The number of ether oxygens (including phenoxy) is 1. The summed E-state index contributed by atoms with van der Waals surface area (Å²) in [6.07, 6.45) is 1.70. The van der Waals surface area contributed by atoms with Gasteiger partial charge in [0, 0.05) is 28.9 Å². The summed E-state index contributed by atoms with van der Waals surface area (Å²) in [5.74, 6) is 2.01. The molecule has 154 valence electrons. The highest BCUT2D eigenvalue weighted by Gasteiger charge is 2.15. The van der Waals surface area contributed by atoms with Gasteiger partial charge >= 0.3 is 6.03 Å². The van der Waals surface area contributed by atoms with Crippen molar-refractivity contribution in [3.05, 3.63) is 64.0 Å². The molecule has 4 rings (SSSR count). The molecule has 0 saturated carbocycles. The molecule has 4 aromatic rings.